The van der Waals surface area contributed by atoms with E-state index in [0.29, 0.717) is 11.3 Å². The molecule has 2 N–H and O–H groups in total. The number of aromatic hydroxyl groups is 2. The quantitative estimate of drug-likeness (QED) is 0.490. The van der Waals surface area contributed by atoms with Gasteiger partial charge in [-0.15, -0.1) is 0 Å². The van der Waals surface area contributed by atoms with E-state index < -0.39 is 5.82 Å². The summed E-state index contributed by atoms with van der Waals surface area (Å²) in [6, 6.07) is 18.9. The van der Waals surface area contributed by atoms with E-state index in [4.69, 9.17) is 0 Å². The Kier molecular flexibility index (Phi) is 4.09. The number of phenols is 2. The van der Waals surface area contributed by atoms with Crippen molar-refractivity contribution in [3.05, 3.63) is 84.7 Å². The molecule has 3 aromatic carbocycles. The Hall–Kier alpha value is -3.66. The van der Waals surface area contributed by atoms with Gasteiger partial charge in [0.1, 0.15) is 5.75 Å². The second-order valence-electron chi connectivity index (χ2n) is 6.25. The van der Waals surface area contributed by atoms with Gasteiger partial charge in [0.2, 0.25) is 0 Å². The number of fused-ring (bicyclic) bond motifs is 1. The zero-order chi connectivity index (χ0) is 19.0. The smallest absolute Gasteiger partial charge is 0.165 e. The maximum absolute atomic E-state index is 13.7. The number of hydrogen-bond donors (Lipinski definition) is 2. The van der Waals surface area contributed by atoms with Gasteiger partial charge in [-0.2, -0.15) is 0 Å². The first-order valence-electron chi connectivity index (χ1n) is 8.41. The average molecular weight is 357 g/mol. The Bertz CT molecular complexity index is 1170. The number of benzene rings is 3. The predicted octanol–water partition coefficient (Wildman–Crippen LogP) is 5.76. The van der Waals surface area contributed by atoms with Crippen LogP contribution < -0.4 is 0 Å². The first kappa shape index (κ1) is 16.8. The molecule has 0 fully saturated rings. The lowest BCUT2D eigenvalue weighted by atomic mass is 9.99. The Morgan fingerprint density at radius 2 is 1.52 bits per heavy atom. The predicted molar refractivity (Wildman–Crippen MR) is 106 cm³/mol. The summed E-state index contributed by atoms with van der Waals surface area (Å²) in [6.07, 6.45) is 1.74. The Balaban J connectivity index is 1.86. The third kappa shape index (κ3) is 3.13. The van der Waals surface area contributed by atoms with E-state index in [2.05, 4.69) is 11.6 Å². The molecule has 4 rings (SSSR count). The highest BCUT2D eigenvalue weighted by Crippen LogP contribution is 2.31. The van der Waals surface area contributed by atoms with Crippen molar-refractivity contribution in [1.29, 1.82) is 0 Å². The van der Waals surface area contributed by atoms with Gasteiger partial charge in [0.05, 0.1) is 11.2 Å². The minimum atomic E-state index is -0.683. The number of phenolic OH excluding ortho intramolecular Hbond substituents is 2. The van der Waals surface area contributed by atoms with Crippen molar-refractivity contribution in [2.45, 2.75) is 0 Å². The molecule has 0 unspecified atom stereocenters. The van der Waals surface area contributed by atoms with Gasteiger partial charge in [-0.1, -0.05) is 30.9 Å². The molecule has 0 aliphatic rings. The molecule has 0 bridgehead atoms. The first-order valence-corrected chi connectivity index (χ1v) is 8.41. The molecule has 0 amide bonds. The number of nitrogens with zero attached hydrogens (tertiary/aromatic N) is 1. The lowest BCUT2D eigenvalue weighted by molar-refractivity contribution is 0.432. The topological polar surface area (TPSA) is 53.4 Å². The molecule has 0 radical (unpaired) electrons. The molecule has 0 saturated carbocycles. The summed E-state index contributed by atoms with van der Waals surface area (Å²) >= 11 is 0. The van der Waals surface area contributed by atoms with E-state index in [0.717, 1.165) is 27.6 Å². The van der Waals surface area contributed by atoms with Crippen LogP contribution in [0.4, 0.5) is 4.39 Å². The Morgan fingerprint density at radius 1 is 0.815 bits per heavy atom. The monoisotopic (exact) mass is 357 g/mol. The van der Waals surface area contributed by atoms with Crippen LogP contribution >= 0.6 is 0 Å². The van der Waals surface area contributed by atoms with Crippen molar-refractivity contribution in [3.63, 3.8) is 0 Å². The second-order valence-corrected chi connectivity index (χ2v) is 6.25. The maximum atomic E-state index is 13.7. The van der Waals surface area contributed by atoms with Crippen LogP contribution in [0.25, 0.3) is 39.4 Å². The first-order chi connectivity index (χ1) is 13.0. The molecule has 0 aliphatic carbocycles. The van der Waals surface area contributed by atoms with Crippen molar-refractivity contribution < 1.29 is 14.6 Å². The zero-order valence-electron chi connectivity index (χ0n) is 14.4. The van der Waals surface area contributed by atoms with Crippen molar-refractivity contribution in [2.24, 2.45) is 0 Å². The summed E-state index contributed by atoms with van der Waals surface area (Å²) in [4.78, 5) is 4.64. The number of hydrogen-bond acceptors (Lipinski definition) is 3. The van der Waals surface area contributed by atoms with Gasteiger partial charge < -0.3 is 10.2 Å². The highest BCUT2D eigenvalue weighted by Gasteiger charge is 2.10. The Morgan fingerprint density at radius 3 is 2.22 bits per heavy atom. The molecular formula is C23H16FNO2. The summed E-state index contributed by atoms with van der Waals surface area (Å²) in [5.41, 5.74) is 4.80. The number of rotatable bonds is 3. The van der Waals surface area contributed by atoms with E-state index in [1.807, 2.05) is 36.4 Å². The van der Waals surface area contributed by atoms with E-state index >= 15 is 0 Å². The van der Waals surface area contributed by atoms with E-state index in [1.54, 1.807) is 24.3 Å². The molecule has 1 aromatic heterocycles. The minimum Gasteiger partial charge on any atom is -0.508 e. The molecule has 1 heterocycles. The van der Waals surface area contributed by atoms with Gasteiger partial charge in [0, 0.05) is 10.9 Å². The van der Waals surface area contributed by atoms with Gasteiger partial charge >= 0.3 is 0 Å². The minimum absolute atomic E-state index is 0.221. The molecule has 0 saturated heterocycles. The van der Waals surface area contributed by atoms with Crippen LogP contribution in [0, 0.1) is 5.82 Å². The molecule has 0 atom stereocenters. The molecule has 27 heavy (non-hydrogen) atoms. The third-order valence-electron chi connectivity index (χ3n) is 4.50. The highest BCUT2D eigenvalue weighted by atomic mass is 19.1. The normalized spacial score (nSPS) is 10.9. The molecular weight excluding hydrogens is 341 g/mol. The van der Waals surface area contributed by atoms with Crippen LogP contribution in [0.5, 0.6) is 11.5 Å². The fraction of sp³-hybridized carbons (Fsp3) is 0. The second kappa shape index (κ2) is 6.57. The molecule has 3 nitrogen and oxygen atoms in total. The fourth-order valence-electron chi connectivity index (χ4n) is 3.07. The number of pyridine rings is 1. The van der Waals surface area contributed by atoms with Crippen LogP contribution in [0.2, 0.25) is 0 Å². The molecule has 4 heteroatoms. The van der Waals surface area contributed by atoms with Crippen molar-refractivity contribution in [2.75, 3.05) is 0 Å². The van der Waals surface area contributed by atoms with Crippen LogP contribution in [0.3, 0.4) is 0 Å². The van der Waals surface area contributed by atoms with E-state index in [1.165, 1.54) is 12.1 Å². The lowest BCUT2D eigenvalue weighted by Crippen LogP contribution is -1.91. The van der Waals surface area contributed by atoms with Crippen molar-refractivity contribution >= 4 is 17.0 Å². The largest absolute Gasteiger partial charge is 0.508 e. The van der Waals surface area contributed by atoms with Gasteiger partial charge in [0.25, 0.3) is 0 Å². The molecule has 4 aromatic rings. The third-order valence-corrected chi connectivity index (χ3v) is 4.50. The molecule has 0 aliphatic heterocycles. The van der Waals surface area contributed by atoms with E-state index in [9.17, 15) is 14.6 Å². The van der Waals surface area contributed by atoms with Gasteiger partial charge in [-0.25, -0.2) is 9.37 Å². The van der Waals surface area contributed by atoms with Gasteiger partial charge in [-0.05, 0) is 65.2 Å². The standard InChI is InChI=1S/C23H16FNO2/c1-2-14-13-22(17-6-10-23(27)20(24)12-17)25-21-9-5-16(11-19(14)21)15-3-7-18(26)8-4-15/h2-13,26-27H,1H2. The Labute approximate surface area is 155 Å². The van der Waals surface area contributed by atoms with Gasteiger partial charge in [-0.3, -0.25) is 0 Å². The van der Waals surface area contributed by atoms with Crippen LogP contribution in [-0.2, 0) is 0 Å². The SMILES string of the molecule is C=Cc1cc(-c2ccc(O)c(F)c2)nc2ccc(-c3ccc(O)cc3)cc12. The van der Waals surface area contributed by atoms with Gasteiger partial charge in [0.15, 0.2) is 11.6 Å². The maximum Gasteiger partial charge on any atom is 0.165 e. The lowest BCUT2D eigenvalue weighted by Gasteiger charge is -2.10. The number of halogens is 1. The van der Waals surface area contributed by atoms with Crippen LogP contribution in [0.15, 0.2) is 73.3 Å². The summed E-state index contributed by atoms with van der Waals surface area (Å²) in [6.45, 7) is 3.89. The van der Waals surface area contributed by atoms with Crippen molar-refractivity contribution in [3.8, 4) is 33.9 Å². The van der Waals surface area contributed by atoms with Crippen LogP contribution in [-0.4, -0.2) is 15.2 Å². The summed E-state index contributed by atoms with van der Waals surface area (Å²) in [7, 11) is 0. The van der Waals surface area contributed by atoms with Crippen LogP contribution in [0.1, 0.15) is 5.56 Å². The van der Waals surface area contributed by atoms with E-state index in [-0.39, 0.29) is 11.5 Å². The molecule has 132 valence electrons. The summed E-state index contributed by atoms with van der Waals surface area (Å²) in [5, 5.41) is 19.8. The fourth-order valence-corrected chi connectivity index (χ4v) is 3.07. The average Bonchev–Trinajstić information content (AvgIpc) is 2.69. The number of aromatic nitrogens is 1. The van der Waals surface area contributed by atoms with Crippen molar-refractivity contribution in [1.82, 2.24) is 4.98 Å². The molecule has 0 spiro atoms. The zero-order valence-corrected chi connectivity index (χ0v) is 14.4. The summed E-state index contributed by atoms with van der Waals surface area (Å²) < 4.78 is 13.7. The summed E-state index contributed by atoms with van der Waals surface area (Å²) in [5.74, 6) is -0.849. The highest BCUT2D eigenvalue weighted by molar-refractivity contribution is 5.93.